The van der Waals surface area contributed by atoms with Crippen LogP contribution in [0.1, 0.15) is 22.8 Å². The van der Waals surface area contributed by atoms with Gasteiger partial charge in [-0.05, 0) is 67.1 Å². The fraction of sp³-hybridized carbons (Fsp3) is 0.0833. The number of amides is 2. The van der Waals surface area contributed by atoms with Crippen molar-refractivity contribution >= 4 is 46.5 Å². The van der Waals surface area contributed by atoms with Crippen molar-refractivity contribution in [3.8, 4) is 11.5 Å². The zero-order chi connectivity index (χ0) is 26.2. The SMILES string of the molecule is COc1ccc(Cl)cc1NC(=O)C(=O)N/N=C(\C)c1ccc(OC(=O)c2ccc([N+](=O)[O-])cc2)cc1. The minimum absolute atomic E-state index is 0.139. The van der Waals surface area contributed by atoms with Crippen LogP contribution in [0.25, 0.3) is 0 Å². The molecule has 0 fully saturated rings. The molecule has 0 bridgehead atoms. The van der Waals surface area contributed by atoms with Crippen LogP contribution in [0.4, 0.5) is 11.4 Å². The fourth-order valence-electron chi connectivity index (χ4n) is 2.86. The van der Waals surface area contributed by atoms with Gasteiger partial charge in [0.25, 0.3) is 5.69 Å². The van der Waals surface area contributed by atoms with E-state index in [-0.39, 0.29) is 22.7 Å². The Labute approximate surface area is 209 Å². The van der Waals surface area contributed by atoms with Gasteiger partial charge in [0.15, 0.2) is 0 Å². The molecule has 0 heterocycles. The first-order valence-electron chi connectivity index (χ1n) is 10.2. The number of carbonyl (C=O) groups excluding carboxylic acids is 3. The summed E-state index contributed by atoms with van der Waals surface area (Å²) >= 11 is 5.91. The van der Waals surface area contributed by atoms with Gasteiger partial charge in [-0.25, -0.2) is 10.2 Å². The summed E-state index contributed by atoms with van der Waals surface area (Å²) in [7, 11) is 1.41. The topological polar surface area (TPSA) is 149 Å². The predicted molar refractivity (Wildman–Crippen MR) is 131 cm³/mol. The normalized spacial score (nSPS) is 10.8. The highest BCUT2D eigenvalue weighted by atomic mass is 35.5. The van der Waals surface area contributed by atoms with Crippen LogP contribution in [0.3, 0.4) is 0 Å². The minimum atomic E-state index is -1.01. The van der Waals surface area contributed by atoms with Gasteiger partial charge >= 0.3 is 17.8 Å². The second-order valence-electron chi connectivity index (χ2n) is 7.15. The molecule has 36 heavy (non-hydrogen) atoms. The van der Waals surface area contributed by atoms with Crippen LogP contribution in [-0.4, -0.2) is 35.5 Å². The maximum absolute atomic E-state index is 12.2. The number of methoxy groups -OCH3 is 1. The number of halogens is 1. The van der Waals surface area contributed by atoms with Gasteiger partial charge in [0.1, 0.15) is 11.5 Å². The van der Waals surface area contributed by atoms with Gasteiger partial charge in [-0.3, -0.25) is 19.7 Å². The minimum Gasteiger partial charge on any atom is -0.495 e. The van der Waals surface area contributed by atoms with Gasteiger partial charge in [-0.1, -0.05) is 11.6 Å². The molecule has 3 rings (SSSR count). The van der Waals surface area contributed by atoms with Crippen molar-refractivity contribution in [2.45, 2.75) is 6.92 Å². The number of hydrogen-bond acceptors (Lipinski definition) is 8. The molecule has 0 spiro atoms. The van der Waals surface area contributed by atoms with E-state index in [9.17, 15) is 24.5 Å². The molecule has 0 saturated carbocycles. The predicted octanol–water partition coefficient (Wildman–Crippen LogP) is 3.95. The Kier molecular flexibility index (Phi) is 8.31. The summed E-state index contributed by atoms with van der Waals surface area (Å²) in [4.78, 5) is 46.7. The molecule has 0 radical (unpaired) electrons. The summed E-state index contributed by atoms with van der Waals surface area (Å²) in [6.07, 6.45) is 0. The van der Waals surface area contributed by atoms with Crippen LogP contribution in [-0.2, 0) is 9.59 Å². The van der Waals surface area contributed by atoms with E-state index in [1.54, 1.807) is 31.2 Å². The Balaban J connectivity index is 1.58. The molecule has 11 nitrogen and oxygen atoms in total. The van der Waals surface area contributed by atoms with Crippen LogP contribution < -0.4 is 20.2 Å². The molecule has 0 aliphatic carbocycles. The molecule has 2 amide bonds. The number of carbonyl (C=O) groups is 3. The highest BCUT2D eigenvalue weighted by Gasteiger charge is 2.16. The number of nitrogens with one attached hydrogen (secondary N) is 2. The molecular weight excluding hydrogens is 492 g/mol. The number of benzene rings is 3. The Bertz CT molecular complexity index is 1340. The van der Waals surface area contributed by atoms with E-state index in [1.165, 1.54) is 49.6 Å². The van der Waals surface area contributed by atoms with E-state index in [2.05, 4.69) is 15.8 Å². The summed E-state index contributed by atoms with van der Waals surface area (Å²) in [5.41, 5.74) is 3.37. The zero-order valence-corrected chi connectivity index (χ0v) is 19.7. The van der Waals surface area contributed by atoms with E-state index in [4.69, 9.17) is 21.1 Å². The van der Waals surface area contributed by atoms with E-state index >= 15 is 0 Å². The number of nitro benzene ring substituents is 1. The molecule has 0 aliphatic heterocycles. The summed E-state index contributed by atoms with van der Waals surface area (Å²) in [5.74, 6) is -2.10. The van der Waals surface area contributed by atoms with E-state index in [0.29, 0.717) is 22.0 Å². The number of ether oxygens (including phenoxy) is 2. The van der Waals surface area contributed by atoms with E-state index in [1.807, 2.05) is 0 Å². The van der Waals surface area contributed by atoms with Crippen molar-refractivity contribution in [3.05, 3.63) is 93.0 Å². The third-order valence-corrected chi connectivity index (χ3v) is 4.97. The lowest BCUT2D eigenvalue weighted by atomic mass is 10.1. The van der Waals surface area contributed by atoms with E-state index < -0.39 is 22.7 Å². The second kappa shape index (κ2) is 11.6. The van der Waals surface area contributed by atoms with Crippen molar-refractivity contribution in [2.24, 2.45) is 5.10 Å². The number of hydrogen-bond donors (Lipinski definition) is 2. The molecule has 0 atom stereocenters. The Morgan fingerprint density at radius 2 is 1.58 bits per heavy atom. The number of nitrogens with zero attached hydrogens (tertiary/aromatic N) is 2. The molecule has 3 aromatic carbocycles. The van der Waals surface area contributed by atoms with Gasteiger partial charge in [-0.2, -0.15) is 5.10 Å². The van der Waals surface area contributed by atoms with Crippen LogP contribution in [0.5, 0.6) is 11.5 Å². The third-order valence-electron chi connectivity index (χ3n) is 4.74. The van der Waals surface area contributed by atoms with Gasteiger partial charge < -0.3 is 14.8 Å². The van der Waals surface area contributed by atoms with Crippen LogP contribution in [0.15, 0.2) is 71.8 Å². The summed E-state index contributed by atoms with van der Waals surface area (Å²) in [5, 5.41) is 17.4. The highest BCUT2D eigenvalue weighted by Crippen LogP contribution is 2.27. The maximum atomic E-state index is 12.2. The number of anilines is 1. The van der Waals surface area contributed by atoms with Crippen molar-refractivity contribution in [3.63, 3.8) is 0 Å². The number of nitro groups is 1. The molecule has 0 aromatic heterocycles. The van der Waals surface area contributed by atoms with Crippen molar-refractivity contribution in [1.82, 2.24) is 5.43 Å². The van der Waals surface area contributed by atoms with Gasteiger partial charge in [-0.15, -0.1) is 0 Å². The first-order chi connectivity index (χ1) is 17.2. The lowest BCUT2D eigenvalue weighted by molar-refractivity contribution is -0.384. The maximum Gasteiger partial charge on any atom is 0.343 e. The van der Waals surface area contributed by atoms with Crippen molar-refractivity contribution < 1.29 is 28.8 Å². The summed E-state index contributed by atoms with van der Waals surface area (Å²) in [6.45, 7) is 1.61. The highest BCUT2D eigenvalue weighted by molar-refractivity contribution is 6.40. The third kappa shape index (κ3) is 6.64. The molecular formula is C24H19ClN4O7. The van der Waals surface area contributed by atoms with Gasteiger partial charge in [0.2, 0.25) is 0 Å². The van der Waals surface area contributed by atoms with E-state index in [0.717, 1.165) is 0 Å². The Hall–Kier alpha value is -4.77. The van der Waals surface area contributed by atoms with Crippen LogP contribution >= 0.6 is 11.6 Å². The van der Waals surface area contributed by atoms with Crippen molar-refractivity contribution in [1.29, 1.82) is 0 Å². The quantitative estimate of drug-likeness (QED) is 0.122. The molecule has 0 aliphatic rings. The lowest BCUT2D eigenvalue weighted by Gasteiger charge is -2.10. The molecule has 0 saturated heterocycles. The monoisotopic (exact) mass is 510 g/mol. The zero-order valence-electron chi connectivity index (χ0n) is 19.0. The largest absolute Gasteiger partial charge is 0.495 e. The summed E-state index contributed by atoms with van der Waals surface area (Å²) in [6, 6.07) is 15.8. The molecule has 184 valence electrons. The number of hydrazone groups is 1. The average molecular weight is 511 g/mol. The smallest absolute Gasteiger partial charge is 0.343 e. The molecule has 3 aromatic rings. The first kappa shape index (κ1) is 25.8. The Morgan fingerprint density at radius 1 is 0.944 bits per heavy atom. The number of non-ortho nitro benzene ring substituents is 1. The number of rotatable bonds is 7. The average Bonchev–Trinajstić information content (AvgIpc) is 2.87. The summed E-state index contributed by atoms with van der Waals surface area (Å²) < 4.78 is 10.4. The molecule has 2 N–H and O–H groups in total. The molecule has 0 unspecified atom stereocenters. The number of esters is 1. The molecule has 12 heteroatoms. The van der Waals surface area contributed by atoms with Crippen LogP contribution in [0, 0.1) is 10.1 Å². The lowest BCUT2D eigenvalue weighted by Crippen LogP contribution is -2.33. The standard InChI is InChI=1S/C24H19ClN4O7/c1-14(27-28-23(31)22(30)26-20-13-17(25)7-12-21(20)35-2)15-5-10-19(11-6-15)36-24(32)16-3-8-18(9-4-16)29(33)34/h3-13H,1-2H3,(H,26,30)(H,28,31)/b27-14+. The fourth-order valence-corrected chi connectivity index (χ4v) is 3.03. The Morgan fingerprint density at radius 3 is 2.19 bits per heavy atom. The van der Waals surface area contributed by atoms with Crippen LogP contribution in [0.2, 0.25) is 5.02 Å². The van der Waals surface area contributed by atoms with Gasteiger partial charge in [0, 0.05) is 17.2 Å². The first-order valence-corrected chi connectivity index (χ1v) is 10.6. The second-order valence-corrected chi connectivity index (χ2v) is 7.59. The van der Waals surface area contributed by atoms with Gasteiger partial charge in [0.05, 0.1) is 29.0 Å². The van der Waals surface area contributed by atoms with Crippen molar-refractivity contribution in [2.75, 3.05) is 12.4 Å².